The lowest BCUT2D eigenvalue weighted by atomic mass is 10.2. The van der Waals surface area contributed by atoms with E-state index in [4.69, 9.17) is 0 Å². The van der Waals surface area contributed by atoms with E-state index in [9.17, 15) is 0 Å². The van der Waals surface area contributed by atoms with Crippen LogP contribution in [-0.2, 0) is 0 Å². The first-order valence-corrected chi connectivity index (χ1v) is 8.46. The van der Waals surface area contributed by atoms with Crippen LogP contribution in [0.3, 0.4) is 0 Å². The number of hydrogen-bond donors (Lipinski definition) is 0. The van der Waals surface area contributed by atoms with E-state index in [2.05, 4.69) is 70.6 Å². The Bertz CT molecular complexity index is 478. The lowest BCUT2D eigenvalue weighted by molar-refractivity contribution is 1.39. The first-order chi connectivity index (χ1) is 8.45. The van der Waals surface area contributed by atoms with Crippen LogP contribution >= 0.6 is 0 Å². The van der Waals surface area contributed by atoms with Crippen molar-refractivity contribution in [1.29, 1.82) is 0 Å². The van der Waals surface area contributed by atoms with Crippen molar-refractivity contribution in [2.45, 2.75) is 34.2 Å². The maximum atomic E-state index is 2.40. The fourth-order valence-corrected chi connectivity index (χ4v) is 4.66. The van der Waals surface area contributed by atoms with Crippen LogP contribution in [0.25, 0.3) is 0 Å². The van der Waals surface area contributed by atoms with Crippen molar-refractivity contribution in [3.8, 4) is 0 Å². The second kappa shape index (κ2) is 5.11. The molecule has 2 aromatic carbocycles. The summed E-state index contributed by atoms with van der Waals surface area (Å²) in [5.74, 6) is 0. The Labute approximate surface area is 112 Å². The zero-order valence-electron chi connectivity index (χ0n) is 12.0. The lowest BCUT2D eigenvalue weighted by Crippen LogP contribution is -2.39. The molecule has 0 heterocycles. The molecule has 0 atom stereocenters. The Morgan fingerprint density at radius 3 is 1.11 bits per heavy atom. The summed E-state index contributed by atoms with van der Waals surface area (Å²) in [7, 11) is -0.633. The van der Waals surface area contributed by atoms with E-state index >= 15 is 0 Å². The molecule has 0 saturated heterocycles. The molecule has 0 spiro atoms. The van der Waals surface area contributed by atoms with Crippen molar-refractivity contribution in [3.05, 3.63) is 58.7 Å². The van der Waals surface area contributed by atoms with Crippen molar-refractivity contribution in [3.63, 3.8) is 0 Å². The van der Waals surface area contributed by atoms with Gasteiger partial charge in [-0.3, -0.25) is 8.80 Å². The Balaban J connectivity index is 2.43. The van der Waals surface area contributed by atoms with E-state index in [0.717, 1.165) is 0 Å². The van der Waals surface area contributed by atoms with Crippen LogP contribution < -0.4 is 10.4 Å². The number of benzene rings is 2. The molecule has 0 N–H and O–H groups in total. The molecule has 94 valence electrons. The van der Waals surface area contributed by atoms with Crippen LogP contribution in [0.2, 0.25) is 6.55 Å². The fourth-order valence-electron chi connectivity index (χ4n) is 2.55. The van der Waals surface area contributed by atoms with Gasteiger partial charge in [-0.05, 0) is 27.7 Å². The number of hydrogen-bond acceptors (Lipinski definition) is 0. The fraction of sp³-hybridized carbons (Fsp3) is 0.294. The third kappa shape index (κ3) is 2.91. The number of rotatable bonds is 2. The van der Waals surface area contributed by atoms with E-state index in [1.165, 1.54) is 32.6 Å². The average Bonchev–Trinajstić information content (AvgIpc) is 2.25. The van der Waals surface area contributed by atoms with E-state index in [-0.39, 0.29) is 0 Å². The average molecular weight is 253 g/mol. The highest BCUT2D eigenvalue weighted by atomic mass is 28.3. The maximum Gasteiger partial charge on any atom is -0.0399 e. The van der Waals surface area contributed by atoms with Gasteiger partial charge < -0.3 is 0 Å². The first-order valence-electron chi connectivity index (χ1n) is 6.46. The summed E-state index contributed by atoms with van der Waals surface area (Å²) in [6.07, 6.45) is 0. The molecule has 0 aliphatic heterocycles. The lowest BCUT2D eigenvalue weighted by Gasteiger charge is -2.29. The van der Waals surface area contributed by atoms with Crippen LogP contribution in [0.15, 0.2) is 36.4 Å². The molecule has 2 aromatic rings. The smallest absolute Gasteiger partial charge is 0.0399 e. The van der Waals surface area contributed by atoms with Crippen molar-refractivity contribution >= 4 is 19.2 Å². The Hall–Kier alpha value is -1.34. The summed E-state index contributed by atoms with van der Waals surface area (Å²) < 4.78 is 0. The molecule has 0 aliphatic rings. The molecule has 18 heavy (non-hydrogen) atoms. The summed E-state index contributed by atoms with van der Waals surface area (Å²) in [5, 5.41) is 3.03. The standard InChI is InChI=1S/C17H21Si/c1-12-6-13(2)9-16(8-12)18(5)17-10-14(3)7-15(4)11-17/h6-11H,1-5H3/q-1. The predicted octanol–water partition coefficient (Wildman–Crippen LogP) is 3.16. The van der Waals surface area contributed by atoms with Crippen LogP contribution in [0, 0.1) is 27.7 Å². The minimum Gasteiger partial charge on any atom is -0.255 e. The molecule has 0 unspecified atom stereocenters. The minimum absolute atomic E-state index is 0.633. The topological polar surface area (TPSA) is 0 Å². The summed E-state index contributed by atoms with van der Waals surface area (Å²) in [6, 6.07) is 13.9. The van der Waals surface area contributed by atoms with Gasteiger partial charge in [-0.15, -0.1) is 0 Å². The van der Waals surface area contributed by atoms with Crippen LogP contribution in [0.1, 0.15) is 22.3 Å². The van der Waals surface area contributed by atoms with Gasteiger partial charge in [0.1, 0.15) is 0 Å². The third-order valence-corrected chi connectivity index (χ3v) is 5.62. The first kappa shape index (κ1) is 13.1. The highest BCUT2D eigenvalue weighted by Crippen LogP contribution is 2.05. The minimum atomic E-state index is -0.633. The zero-order valence-corrected chi connectivity index (χ0v) is 13.0. The van der Waals surface area contributed by atoms with Crippen LogP contribution in [0.4, 0.5) is 0 Å². The summed E-state index contributed by atoms with van der Waals surface area (Å²) in [6.45, 7) is 11.1. The summed E-state index contributed by atoms with van der Waals surface area (Å²) in [5.41, 5.74) is 5.50. The van der Waals surface area contributed by atoms with Gasteiger partial charge in [0.15, 0.2) is 0 Å². The van der Waals surface area contributed by atoms with Gasteiger partial charge in [0.2, 0.25) is 0 Å². The Kier molecular flexibility index (Phi) is 3.72. The maximum absolute atomic E-state index is 2.40. The van der Waals surface area contributed by atoms with Gasteiger partial charge in [-0.1, -0.05) is 58.7 Å². The van der Waals surface area contributed by atoms with Gasteiger partial charge in [0.05, 0.1) is 0 Å². The van der Waals surface area contributed by atoms with E-state index in [1.54, 1.807) is 0 Å². The molecule has 0 nitrogen and oxygen atoms in total. The van der Waals surface area contributed by atoms with Gasteiger partial charge >= 0.3 is 0 Å². The van der Waals surface area contributed by atoms with Gasteiger partial charge in [0.25, 0.3) is 0 Å². The molecule has 1 heteroatoms. The largest absolute Gasteiger partial charge is 0.255 e. The molecule has 0 fully saturated rings. The van der Waals surface area contributed by atoms with Crippen molar-refractivity contribution < 1.29 is 0 Å². The Morgan fingerprint density at radius 2 is 0.833 bits per heavy atom. The predicted molar refractivity (Wildman–Crippen MR) is 82.7 cm³/mol. The second-order valence-corrected chi connectivity index (χ2v) is 7.78. The molecule has 0 bridgehead atoms. The number of aryl methyl sites for hydroxylation is 4. The highest BCUT2D eigenvalue weighted by molar-refractivity contribution is 6.84. The zero-order chi connectivity index (χ0) is 13.3. The molecular formula is C17H21Si-. The molecule has 0 radical (unpaired) electrons. The van der Waals surface area contributed by atoms with Crippen LogP contribution in [0.5, 0.6) is 0 Å². The normalized spacial score (nSPS) is 10.5. The summed E-state index contributed by atoms with van der Waals surface area (Å²) >= 11 is 0. The van der Waals surface area contributed by atoms with E-state index in [1.807, 2.05) is 0 Å². The molecule has 2 rings (SSSR count). The molecular weight excluding hydrogens is 232 g/mol. The van der Waals surface area contributed by atoms with Crippen molar-refractivity contribution in [2.75, 3.05) is 0 Å². The van der Waals surface area contributed by atoms with Gasteiger partial charge in [0, 0.05) is 0 Å². The van der Waals surface area contributed by atoms with E-state index in [0.29, 0.717) is 0 Å². The highest BCUT2D eigenvalue weighted by Gasteiger charge is 1.98. The molecule has 0 saturated carbocycles. The SMILES string of the molecule is Cc1cc(C)cc([Si-](C)c2cc(C)cc(C)c2)c1. The Morgan fingerprint density at radius 1 is 0.556 bits per heavy atom. The molecule has 0 aliphatic carbocycles. The monoisotopic (exact) mass is 253 g/mol. The van der Waals surface area contributed by atoms with E-state index < -0.39 is 8.80 Å². The summed E-state index contributed by atoms with van der Waals surface area (Å²) in [4.78, 5) is 0. The quantitative estimate of drug-likeness (QED) is 0.721. The van der Waals surface area contributed by atoms with Gasteiger partial charge in [-0.2, -0.15) is 16.9 Å². The van der Waals surface area contributed by atoms with Crippen LogP contribution in [-0.4, -0.2) is 8.80 Å². The third-order valence-electron chi connectivity index (χ3n) is 3.31. The molecule has 0 amide bonds. The van der Waals surface area contributed by atoms with Gasteiger partial charge in [-0.25, -0.2) is 0 Å². The van der Waals surface area contributed by atoms with Crippen molar-refractivity contribution in [2.24, 2.45) is 0 Å². The van der Waals surface area contributed by atoms with Crippen molar-refractivity contribution in [1.82, 2.24) is 0 Å². The molecule has 0 aromatic heterocycles. The second-order valence-electron chi connectivity index (χ2n) is 5.38.